The van der Waals surface area contributed by atoms with Crippen LogP contribution in [0, 0.1) is 5.92 Å². The molecule has 1 aliphatic heterocycles. The molecule has 25 heavy (non-hydrogen) atoms. The monoisotopic (exact) mass is 356 g/mol. The second-order valence-corrected chi connectivity index (χ2v) is 6.55. The van der Waals surface area contributed by atoms with Crippen molar-refractivity contribution in [1.82, 2.24) is 4.90 Å². The Morgan fingerprint density at radius 1 is 1.24 bits per heavy atom. The molecule has 0 saturated carbocycles. The number of amides is 2. The molecule has 1 aromatic carbocycles. The highest BCUT2D eigenvalue weighted by Gasteiger charge is 2.30. The average Bonchev–Trinajstić information content (AvgIpc) is 2.54. The van der Waals surface area contributed by atoms with E-state index in [-0.39, 0.29) is 24.8 Å². The summed E-state index contributed by atoms with van der Waals surface area (Å²) in [6, 6.07) is 4.41. The summed E-state index contributed by atoms with van der Waals surface area (Å²) in [6.07, 6.45) is -2.18. The Morgan fingerprint density at radius 2 is 1.88 bits per heavy atom. The van der Waals surface area contributed by atoms with Crippen LogP contribution in [0.3, 0.4) is 0 Å². The number of halogens is 3. The zero-order valence-electron chi connectivity index (χ0n) is 14.5. The largest absolute Gasteiger partial charge is 0.416 e. The van der Waals surface area contributed by atoms with Gasteiger partial charge in [-0.2, -0.15) is 13.2 Å². The van der Waals surface area contributed by atoms with Crippen molar-refractivity contribution in [1.29, 1.82) is 0 Å². The van der Waals surface area contributed by atoms with E-state index in [1.54, 1.807) is 4.90 Å². The first kappa shape index (κ1) is 19.3. The van der Waals surface area contributed by atoms with Gasteiger partial charge < -0.3 is 9.80 Å². The van der Waals surface area contributed by atoms with Crippen LogP contribution in [-0.2, 0) is 15.8 Å². The lowest BCUT2D eigenvalue weighted by molar-refractivity contribution is -0.137. The van der Waals surface area contributed by atoms with Crippen LogP contribution in [0.5, 0.6) is 0 Å². The molecule has 1 aromatic rings. The molecule has 1 atom stereocenters. The van der Waals surface area contributed by atoms with Gasteiger partial charge in [0.25, 0.3) is 0 Å². The minimum atomic E-state index is -4.42. The van der Waals surface area contributed by atoms with Crippen molar-refractivity contribution < 1.29 is 22.8 Å². The van der Waals surface area contributed by atoms with Crippen molar-refractivity contribution in [2.24, 2.45) is 5.92 Å². The van der Waals surface area contributed by atoms with Gasteiger partial charge in [0.2, 0.25) is 11.8 Å². The lowest BCUT2D eigenvalue weighted by atomic mass is 10.00. The van der Waals surface area contributed by atoms with Crippen LogP contribution in [0.25, 0.3) is 0 Å². The maximum atomic E-state index is 12.6. The van der Waals surface area contributed by atoms with E-state index in [4.69, 9.17) is 0 Å². The van der Waals surface area contributed by atoms with Crippen LogP contribution >= 0.6 is 0 Å². The molecular weight excluding hydrogens is 333 g/mol. The van der Waals surface area contributed by atoms with Gasteiger partial charge in [-0.15, -0.1) is 0 Å². The number of alkyl halides is 3. The van der Waals surface area contributed by atoms with E-state index in [1.807, 2.05) is 0 Å². The smallest absolute Gasteiger partial charge is 0.342 e. The van der Waals surface area contributed by atoms with Crippen LogP contribution in [-0.4, -0.2) is 36.3 Å². The minimum absolute atomic E-state index is 0.0234. The van der Waals surface area contributed by atoms with Crippen molar-refractivity contribution in [2.45, 2.75) is 39.3 Å². The minimum Gasteiger partial charge on any atom is -0.342 e. The molecule has 4 nitrogen and oxygen atoms in total. The fourth-order valence-electron chi connectivity index (χ4n) is 3.08. The lowest BCUT2D eigenvalue weighted by Crippen LogP contribution is -2.41. The summed E-state index contributed by atoms with van der Waals surface area (Å²) >= 11 is 0. The molecular formula is C18H23F3N2O2. The zero-order chi connectivity index (χ0) is 18.6. The highest BCUT2D eigenvalue weighted by molar-refractivity contribution is 5.92. The molecule has 0 spiro atoms. The Morgan fingerprint density at radius 3 is 2.40 bits per heavy atom. The lowest BCUT2D eigenvalue weighted by Gasteiger charge is -2.31. The highest BCUT2D eigenvalue weighted by atomic mass is 19.4. The molecule has 1 unspecified atom stereocenters. The molecule has 2 rings (SSSR count). The molecule has 1 saturated heterocycles. The molecule has 0 aromatic heterocycles. The molecule has 138 valence electrons. The van der Waals surface area contributed by atoms with Gasteiger partial charge in [-0.3, -0.25) is 9.59 Å². The van der Waals surface area contributed by atoms with Gasteiger partial charge in [0.05, 0.1) is 5.56 Å². The first-order valence-electron chi connectivity index (χ1n) is 8.41. The summed E-state index contributed by atoms with van der Waals surface area (Å²) < 4.78 is 37.9. The topological polar surface area (TPSA) is 40.6 Å². The standard InChI is InChI=1S/C18H23F3N2O2/c1-13-4-3-10-22(12-13)17(25)9-11-23(14(2)24)16-7-5-15(6-8-16)18(19,20)21/h5-8,13H,3-4,9-12H2,1-2H3. The van der Waals surface area contributed by atoms with Crippen LogP contribution in [0.1, 0.15) is 38.7 Å². The molecule has 2 amide bonds. The van der Waals surface area contributed by atoms with E-state index in [9.17, 15) is 22.8 Å². The molecule has 1 heterocycles. The summed E-state index contributed by atoms with van der Waals surface area (Å²) in [5.41, 5.74) is -0.404. The third kappa shape index (κ3) is 5.21. The number of carbonyl (C=O) groups is 2. The normalized spacial score (nSPS) is 18.1. The Kier molecular flexibility index (Phi) is 6.08. The van der Waals surface area contributed by atoms with E-state index in [0.717, 1.165) is 38.1 Å². The molecule has 1 aliphatic rings. The number of rotatable bonds is 4. The van der Waals surface area contributed by atoms with E-state index in [1.165, 1.54) is 24.0 Å². The fourth-order valence-corrected chi connectivity index (χ4v) is 3.08. The van der Waals surface area contributed by atoms with Gasteiger partial charge in [-0.1, -0.05) is 6.92 Å². The SMILES string of the molecule is CC(=O)N(CCC(=O)N1CCCC(C)C1)c1ccc(C(F)(F)F)cc1. The quantitative estimate of drug-likeness (QED) is 0.825. The molecule has 0 radical (unpaired) electrons. The number of hydrogen-bond donors (Lipinski definition) is 0. The first-order valence-corrected chi connectivity index (χ1v) is 8.41. The van der Waals surface area contributed by atoms with Gasteiger partial charge in [0.15, 0.2) is 0 Å². The third-order valence-electron chi connectivity index (χ3n) is 4.45. The molecule has 0 bridgehead atoms. The number of anilines is 1. The Balaban J connectivity index is 2.01. The van der Waals surface area contributed by atoms with E-state index >= 15 is 0 Å². The number of hydrogen-bond acceptors (Lipinski definition) is 2. The van der Waals surface area contributed by atoms with Gasteiger partial charge in [0.1, 0.15) is 0 Å². The van der Waals surface area contributed by atoms with E-state index in [0.29, 0.717) is 11.6 Å². The predicted octanol–water partition coefficient (Wildman–Crippen LogP) is 3.71. The molecule has 7 heteroatoms. The second kappa shape index (κ2) is 7.89. The number of benzene rings is 1. The van der Waals surface area contributed by atoms with E-state index < -0.39 is 11.7 Å². The van der Waals surface area contributed by atoms with Crippen molar-refractivity contribution in [2.75, 3.05) is 24.5 Å². The number of piperidine rings is 1. The Hall–Kier alpha value is -2.05. The molecule has 0 aliphatic carbocycles. The summed E-state index contributed by atoms with van der Waals surface area (Å²) in [4.78, 5) is 27.3. The summed E-state index contributed by atoms with van der Waals surface area (Å²) in [6.45, 7) is 5.04. The van der Waals surface area contributed by atoms with Gasteiger partial charge in [-0.25, -0.2) is 0 Å². The summed E-state index contributed by atoms with van der Waals surface area (Å²) in [5, 5.41) is 0. The summed E-state index contributed by atoms with van der Waals surface area (Å²) in [7, 11) is 0. The van der Waals surface area contributed by atoms with Gasteiger partial charge in [-0.05, 0) is 43.0 Å². The average molecular weight is 356 g/mol. The van der Waals surface area contributed by atoms with Crippen molar-refractivity contribution in [3.8, 4) is 0 Å². The third-order valence-corrected chi connectivity index (χ3v) is 4.45. The highest BCUT2D eigenvalue weighted by Crippen LogP contribution is 2.30. The molecule has 0 N–H and O–H groups in total. The van der Waals surface area contributed by atoms with Crippen LogP contribution in [0.4, 0.5) is 18.9 Å². The van der Waals surface area contributed by atoms with Gasteiger partial charge in [0, 0.05) is 38.7 Å². The predicted molar refractivity (Wildman–Crippen MR) is 89.1 cm³/mol. The van der Waals surface area contributed by atoms with Crippen LogP contribution in [0.2, 0.25) is 0 Å². The fraction of sp³-hybridized carbons (Fsp3) is 0.556. The number of carbonyl (C=O) groups excluding carboxylic acids is 2. The zero-order valence-corrected chi connectivity index (χ0v) is 14.5. The maximum Gasteiger partial charge on any atom is 0.416 e. The Labute approximate surface area is 145 Å². The second-order valence-electron chi connectivity index (χ2n) is 6.55. The molecule has 1 fully saturated rings. The van der Waals surface area contributed by atoms with Crippen molar-refractivity contribution in [3.05, 3.63) is 29.8 Å². The van der Waals surface area contributed by atoms with E-state index in [2.05, 4.69) is 6.92 Å². The van der Waals surface area contributed by atoms with Crippen molar-refractivity contribution in [3.63, 3.8) is 0 Å². The maximum absolute atomic E-state index is 12.6. The van der Waals surface area contributed by atoms with Crippen LogP contribution in [0.15, 0.2) is 24.3 Å². The van der Waals surface area contributed by atoms with Crippen molar-refractivity contribution >= 4 is 17.5 Å². The first-order chi connectivity index (χ1) is 11.7. The van der Waals surface area contributed by atoms with Crippen LogP contribution < -0.4 is 4.90 Å². The van der Waals surface area contributed by atoms with Gasteiger partial charge >= 0.3 is 6.18 Å². The summed E-state index contributed by atoms with van der Waals surface area (Å²) in [5.74, 6) is 0.140. The number of nitrogens with zero attached hydrogens (tertiary/aromatic N) is 2. The Bertz CT molecular complexity index is 614. The number of likely N-dealkylation sites (tertiary alicyclic amines) is 1.